The van der Waals surface area contributed by atoms with Crippen molar-refractivity contribution in [3.8, 4) is 11.8 Å². The molecule has 0 aromatic heterocycles. The van der Waals surface area contributed by atoms with Crippen LogP contribution in [0.2, 0.25) is 0 Å². The van der Waals surface area contributed by atoms with Gasteiger partial charge in [-0.25, -0.2) is 0 Å². The Morgan fingerprint density at radius 3 is 2.73 bits per heavy atom. The molecule has 0 saturated heterocycles. The molecule has 1 aromatic rings. The first-order chi connectivity index (χ1) is 7.10. The average Bonchev–Trinajstić information content (AvgIpc) is 2.27. The van der Waals surface area contributed by atoms with E-state index in [1.807, 2.05) is 6.07 Å². The largest absolute Gasteiger partial charge is 0.496 e. The van der Waals surface area contributed by atoms with Crippen molar-refractivity contribution in [2.24, 2.45) is 0 Å². The van der Waals surface area contributed by atoms with Crippen LogP contribution in [0.4, 0.5) is 0 Å². The van der Waals surface area contributed by atoms with Gasteiger partial charge in [-0.3, -0.25) is 4.79 Å². The third-order valence-corrected chi connectivity index (χ3v) is 2.20. The molecule has 0 fully saturated rings. The number of methoxy groups -OCH3 is 1. The molecule has 0 aliphatic carbocycles. The molecule has 0 aliphatic rings. The number of nitrogens with zero attached hydrogens (tertiary/aromatic N) is 1. The summed E-state index contributed by atoms with van der Waals surface area (Å²) in [7, 11) is 1.47. The van der Waals surface area contributed by atoms with E-state index in [0.717, 1.165) is 0 Å². The van der Waals surface area contributed by atoms with E-state index in [1.54, 1.807) is 19.1 Å². The SMILES string of the molecule is COc1ccc(C#N)cc1C(C)C(=O)O. The van der Waals surface area contributed by atoms with Crippen molar-refractivity contribution in [2.45, 2.75) is 12.8 Å². The Balaban J connectivity index is 3.24. The Bertz CT molecular complexity index is 420. The topological polar surface area (TPSA) is 70.3 Å². The molecule has 0 amide bonds. The summed E-state index contributed by atoms with van der Waals surface area (Å²) < 4.78 is 5.04. The number of carboxylic acids is 1. The van der Waals surface area contributed by atoms with Gasteiger partial charge in [0.05, 0.1) is 24.7 Å². The lowest BCUT2D eigenvalue weighted by atomic mass is 9.98. The quantitative estimate of drug-likeness (QED) is 0.816. The fourth-order valence-electron chi connectivity index (χ4n) is 1.28. The van der Waals surface area contributed by atoms with Crippen molar-refractivity contribution in [3.63, 3.8) is 0 Å². The summed E-state index contributed by atoms with van der Waals surface area (Å²) in [5.41, 5.74) is 0.947. The molecule has 0 bridgehead atoms. The fourth-order valence-corrected chi connectivity index (χ4v) is 1.28. The van der Waals surface area contributed by atoms with Crippen LogP contribution in [0, 0.1) is 11.3 Å². The molecule has 1 atom stereocenters. The van der Waals surface area contributed by atoms with E-state index in [2.05, 4.69) is 0 Å². The van der Waals surface area contributed by atoms with Gasteiger partial charge < -0.3 is 9.84 Å². The molecule has 0 radical (unpaired) electrons. The number of ether oxygens (including phenoxy) is 1. The zero-order valence-corrected chi connectivity index (χ0v) is 8.52. The van der Waals surface area contributed by atoms with Crippen LogP contribution in [-0.2, 0) is 4.79 Å². The first-order valence-corrected chi connectivity index (χ1v) is 4.41. The lowest BCUT2D eigenvalue weighted by Crippen LogP contribution is -2.09. The first-order valence-electron chi connectivity index (χ1n) is 4.41. The normalized spacial score (nSPS) is 11.5. The minimum atomic E-state index is -0.941. The highest BCUT2D eigenvalue weighted by Crippen LogP contribution is 2.27. The number of nitriles is 1. The summed E-state index contributed by atoms with van der Waals surface area (Å²) in [6.45, 7) is 1.56. The molecule has 1 rings (SSSR count). The zero-order valence-electron chi connectivity index (χ0n) is 8.52. The molecular weight excluding hydrogens is 194 g/mol. The summed E-state index contributed by atoms with van der Waals surface area (Å²) in [6, 6.07) is 6.70. The van der Waals surface area contributed by atoms with E-state index in [4.69, 9.17) is 15.1 Å². The number of hydrogen-bond donors (Lipinski definition) is 1. The Morgan fingerprint density at radius 2 is 2.27 bits per heavy atom. The maximum Gasteiger partial charge on any atom is 0.310 e. The summed E-state index contributed by atoms with van der Waals surface area (Å²) in [5, 5.41) is 17.6. The van der Waals surface area contributed by atoms with Gasteiger partial charge in [0.15, 0.2) is 0 Å². The Labute approximate surface area is 87.7 Å². The first kappa shape index (κ1) is 11.1. The van der Waals surface area contributed by atoms with Gasteiger partial charge in [-0.2, -0.15) is 5.26 Å². The molecule has 15 heavy (non-hydrogen) atoms. The molecule has 0 saturated carbocycles. The van der Waals surface area contributed by atoms with E-state index < -0.39 is 11.9 Å². The third-order valence-electron chi connectivity index (χ3n) is 2.20. The van der Waals surface area contributed by atoms with E-state index in [9.17, 15) is 4.79 Å². The van der Waals surface area contributed by atoms with Crippen molar-refractivity contribution in [2.75, 3.05) is 7.11 Å². The van der Waals surface area contributed by atoms with Crippen LogP contribution in [0.1, 0.15) is 24.0 Å². The molecular formula is C11H11NO3. The van der Waals surface area contributed by atoms with Gasteiger partial charge in [0, 0.05) is 5.56 Å². The van der Waals surface area contributed by atoms with Crippen molar-refractivity contribution in [3.05, 3.63) is 29.3 Å². The van der Waals surface area contributed by atoms with Crippen LogP contribution in [-0.4, -0.2) is 18.2 Å². The minimum absolute atomic E-state index is 0.430. The molecule has 1 aromatic carbocycles. The van der Waals surface area contributed by atoms with Gasteiger partial charge in [-0.05, 0) is 25.1 Å². The molecule has 0 heterocycles. The second-order valence-electron chi connectivity index (χ2n) is 3.13. The smallest absolute Gasteiger partial charge is 0.310 e. The molecule has 78 valence electrons. The van der Waals surface area contributed by atoms with Crippen LogP contribution >= 0.6 is 0 Å². The standard InChI is InChI=1S/C11H11NO3/c1-7(11(13)14)9-5-8(6-12)3-4-10(9)15-2/h3-5,7H,1-2H3,(H,13,14). The van der Waals surface area contributed by atoms with E-state index in [1.165, 1.54) is 13.2 Å². The monoisotopic (exact) mass is 205 g/mol. The van der Waals surface area contributed by atoms with Gasteiger partial charge in [0.1, 0.15) is 5.75 Å². The number of carbonyl (C=O) groups is 1. The van der Waals surface area contributed by atoms with Gasteiger partial charge in [-0.1, -0.05) is 0 Å². The van der Waals surface area contributed by atoms with Crippen LogP contribution in [0.3, 0.4) is 0 Å². The Hall–Kier alpha value is -2.02. The maximum absolute atomic E-state index is 10.8. The van der Waals surface area contributed by atoms with E-state index in [-0.39, 0.29) is 0 Å². The summed E-state index contributed by atoms with van der Waals surface area (Å²) in [6.07, 6.45) is 0. The van der Waals surface area contributed by atoms with Crippen LogP contribution in [0.15, 0.2) is 18.2 Å². The predicted molar refractivity (Wildman–Crippen MR) is 53.8 cm³/mol. The lowest BCUT2D eigenvalue weighted by Gasteiger charge is -2.11. The second-order valence-corrected chi connectivity index (χ2v) is 3.13. The predicted octanol–water partition coefficient (Wildman–Crippen LogP) is 1.75. The molecule has 0 spiro atoms. The van der Waals surface area contributed by atoms with Crippen LogP contribution in [0.5, 0.6) is 5.75 Å². The van der Waals surface area contributed by atoms with E-state index >= 15 is 0 Å². The van der Waals surface area contributed by atoms with E-state index in [0.29, 0.717) is 16.9 Å². The van der Waals surface area contributed by atoms with Crippen LogP contribution < -0.4 is 4.74 Å². The lowest BCUT2D eigenvalue weighted by molar-refractivity contribution is -0.138. The third kappa shape index (κ3) is 2.26. The molecule has 1 unspecified atom stereocenters. The van der Waals surface area contributed by atoms with Gasteiger partial charge in [-0.15, -0.1) is 0 Å². The molecule has 4 nitrogen and oxygen atoms in total. The molecule has 0 aliphatic heterocycles. The number of hydrogen-bond acceptors (Lipinski definition) is 3. The molecule has 1 N–H and O–H groups in total. The molecule has 4 heteroatoms. The zero-order chi connectivity index (χ0) is 11.4. The highest BCUT2D eigenvalue weighted by atomic mass is 16.5. The summed E-state index contributed by atoms with van der Waals surface area (Å²) in [4.78, 5) is 10.8. The number of aliphatic carboxylic acids is 1. The van der Waals surface area contributed by atoms with Crippen molar-refractivity contribution >= 4 is 5.97 Å². The van der Waals surface area contributed by atoms with Crippen molar-refractivity contribution in [1.29, 1.82) is 5.26 Å². The second kappa shape index (κ2) is 4.47. The fraction of sp³-hybridized carbons (Fsp3) is 0.273. The maximum atomic E-state index is 10.8. The highest BCUT2D eigenvalue weighted by Gasteiger charge is 2.18. The Kier molecular flexibility index (Phi) is 3.29. The van der Waals surface area contributed by atoms with Crippen molar-refractivity contribution in [1.82, 2.24) is 0 Å². The van der Waals surface area contributed by atoms with Crippen LogP contribution in [0.25, 0.3) is 0 Å². The minimum Gasteiger partial charge on any atom is -0.496 e. The average molecular weight is 205 g/mol. The van der Waals surface area contributed by atoms with Crippen molar-refractivity contribution < 1.29 is 14.6 Å². The number of benzene rings is 1. The summed E-state index contributed by atoms with van der Waals surface area (Å²) in [5.74, 6) is -1.14. The Morgan fingerprint density at radius 1 is 1.60 bits per heavy atom. The number of rotatable bonds is 3. The highest BCUT2D eigenvalue weighted by molar-refractivity contribution is 5.77. The van der Waals surface area contributed by atoms with Gasteiger partial charge in [0.25, 0.3) is 0 Å². The number of carboxylic acid groups (broad SMARTS) is 1. The summed E-state index contributed by atoms with van der Waals surface area (Å²) >= 11 is 0. The van der Waals surface area contributed by atoms with Gasteiger partial charge >= 0.3 is 5.97 Å². The van der Waals surface area contributed by atoms with Gasteiger partial charge in [0.2, 0.25) is 0 Å².